The molecule has 104 valence electrons. The Morgan fingerprint density at radius 2 is 2.05 bits per heavy atom. The van der Waals surface area contributed by atoms with Gasteiger partial charge in [0.05, 0.1) is 11.7 Å². The summed E-state index contributed by atoms with van der Waals surface area (Å²) in [4.78, 5) is 12.5. The van der Waals surface area contributed by atoms with Crippen molar-refractivity contribution in [3.05, 3.63) is 11.9 Å². The summed E-state index contributed by atoms with van der Waals surface area (Å²) in [5, 5.41) is 8.58. The van der Waals surface area contributed by atoms with Gasteiger partial charge in [0.1, 0.15) is 0 Å². The lowest BCUT2D eigenvalue weighted by molar-refractivity contribution is -0.117. The first-order valence-corrected chi connectivity index (χ1v) is 7.13. The lowest BCUT2D eigenvalue weighted by Gasteiger charge is -2.25. The van der Waals surface area contributed by atoms with E-state index in [-0.39, 0.29) is 0 Å². The molecule has 6 nitrogen and oxygen atoms in total. The predicted molar refractivity (Wildman–Crippen MR) is 70.5 cm³/mol. The van der Waals surface area contributed by atoms with Crippen molar-refractivity contribution < 1.29 is 4.79 Å². The van der Waals surface area contributed by atoms with E-state index in [1.54, 1.807) is 0 Å². The van der Waals surface area contributed by atoms with Crippen molar-refractivity contribution >= 4 is 6.41 Å². The molecular weight excluding hydrogens is 242 g/mol. The summed E-state index contributed by atoms with van der Waals surface area (Å²) in [5.74, 6) is 0.352. The number of rotatable bonds is 3. The number of nitrogens with two attached hydrogens (primary N) is 1. The Hall–Kier alpha value is -1.43. The highest BCUT2D eigenvalue weighted by molar-refractivity contribution is 5.48. The minimum atomic E-state index is 0.352. The van der Waals surface area contributed by atoms with E-state index in [1.807, 2.05) is 9.58 Å². The van der Waals surface area contributed by atoms with Crippen molar-refractivity contribution in [2.24, 2.45) is 5.73 Å². The van der Waals surface area contributed by atoms with Crippen molar-refractivity contribution in [1.82, 2.24) is 19.9 Å². The van der Waals surface area contributed by atoms with Crippen molar-refractivity contribution in [3.63, 3.8) is 0 Å². The Bertz CT molecular complexity index is 438. The molecule has 6 heteroatoms. The third kappa shape index (κ3) is 2.63. The van der Waals surface area contributed by atoms with Gasteiger partial charge in [0.2, 0.25) is 6.41 Å². The molecular formula is C13H21N5O. The van der Waals surface area contributed by atoms with Crippen molar-refractivity contribution in [3.8, 4) is 0 Å². The van der Waals surface area contributed by atoms with Crippen LogP contribution in [-0.4, -0.2) is 45.4 Å². The molecule has 0 bridgehead atoms. The Balaban J connectivity index is 1.65. The molecule has 1 saturated carbocycles. The van der Waals surface area contributed by atoms with Crippen LogP contribution in [0.15, 0.2) is 6.20 Å². The van der Waals surface area contributed by atoms with Gasteiger partial charge in [-0.2, -0.15) is 0 Å². The second kappa shape index (κ2) is 5.28. The number of nitrogens with zero attached hydrogens (tertiary/aromatic N) is 4. The fourth-order valence-corrected chi connectivity index (χ4v) is 3.15. The molecule has 1 atom stereocenters. The zero-order chi connectivity index (χ0) is 13.2. The maximum atomic E-state index is 10.7. The first kappa shape index (κ1) is 12.6. The van der Waals surface area contributed by atoms with Crippen LogP contribution in [0, 0.1) is 0 Å². The summed E-state index contributed by atoms with van der Waals surface area (Å²) in [5.41, 5.74) is 6.95. The lowest BCUT2D eigenvalue weighted by atomic mass is 9.92. The summed E-state index contributed by atoms with van der Waals surface area (Å²) in [7, 11) is 0. The molecule has 2 heterocycles. The SMILES string of the molecule is NC1CCC(n2cc(C3CCN(C=O)C3)nn2)CC1. The van der Waals surface area contributed by atoms with E-state index in [0.29, 0.717) is 18.0 Å². The number of carbonyl (C=O) groups is 1. The van der Waals surface area contributed by atoms with Gasteiger partial charge in [-0.05, 0) is 32.1 Å². The van der Waals surface area contributed by atoms with Crippen LogP contribution in [-0.2, 0) is 4.79 Å². The van der Waals surface area contributed by atoms with Crippen LogP contribution in [0.2, 0.25) is 0 Å². The minimum absolute atomic E-state index is 0.352. The molecule has 3 rings (SSSR count). The fraction of sp³-hybridized carbons (Fsp3) is 0.769. The second-order valence-electron chi connectivity index (χ2n) is 5.78. The van der Waals surface area contributed by atoms with Crippen LogP contribution in [0.1, 0.15) is 49.8 Å². The largest absolute Gasteiger partial charge is 0.345 e. The van der Waals surface area contributed by atoms with E-state index in [1.165, 1.54) is 0 Å². The maximum Gasteiger partial charge on any atom is 0.209 e. The molecule has 2 fully saturated rings. The molecule has 0 aromatic carbocycles. The van der Waals surface area contributed by atoms with E-state index >= 15 is 0 Å². The number of hydrogen-bond donors (Lipinski definition) is 1. The standard InChI is InChI=1S/C13H21N5O/c14-11-1-3-12(4-2-11)18-8-13(15-16-18)10-5-6-17(7-10)9-19/h8-12H,1-7,14H2. The highest BCUT2D eigenvalue weighted by atomic mass is 16.1. The number of aromatic nitrogens is 3. The summed E-state index contributed by atoms with van der Waals surface area (Å²) in [6, 6.07) is 0.805. The van der Waals surface area contributed by atoms with Gasteiger partial charge in [-0.1, -0.05) is 5.21 Å². The molecule has 0 radical (unpaired) electrons. The van der Waals surface area contributed by atoms with Crippen molar-refractivity contribution in [2.45, 2.75) is 50.1 Å². The van der Waals surface area contributed by atoms with Gasteiger partial charge in [0.25, 0.3) is 0 Å². The van der Waals surface area contributed by atoms with Gasteiger partial charge < -0.3 is 10.6 Å². The quantitative estimate of drug-likeness (QED) is 0.813. The Morgan fingerprint density at radius 3 is 2.74 bits per heavy atom. The fourth-order valence-electron chi connectivity index (χ4n) is 3.15. The highest BCUT2D eigenvalue weighted by Crippen LogP contribution is 2.29. The molecule has 1 aliphatic heterocycles. The molecule has 1 aromatic heterocycles. The molecule has 1 amide bonds. The summed E-state index contributed by atoms with van der Waals surface area (Å²) >= 11 is 0. The smallest absolute Gasteiger partial charge is 0.209 e. The van der Waals surface area contributed by atoms with E-state index in [2.05, 4.69) is 16.5 Å². The van der Waals surface area contributed by atoms with E-state index < -0.39 is 0 Å². The lowest BCUT2D eigenvalue weighted by Crippen LogP contribution is -2.28. The summed E-state index contributed by atoms with van der Waals surface area (Å²) < 4.78 is 2.00. The van der Waals surface area contributed by atoms with Crippen LogP contribution in [0.5, 0.6) is 0 Å². The molecule has 1 unspecified atom stereocenters. The first-order chi connectivity index (χ1) is 9.26. The normalized spacial score (nSPS) is 31.6. The minimum Gasteiger partial charge on any atom is -0.345 e. The van der Waals surface area contributed by atoms with E-state index in [0.717, 1.165) is 57.3 Å². The van der Waals surface area contributed by atoms with Crippen LogP contribution >= 0.6 is 0 Å². The van der Waals surface area contributed by atoms with Gasteiger partial charge in [0.15, 0.2) is 0 Å². The number of hydrogen-bond acceptors (Lipinski definition) is 4. The predicted octanol–water partition coefficient (Wildman–Crippen LogP) is 0.666. The zero-order valence-electron chi connectivity index (χ0n) is 11.1. The molecule has 1 saturated heterocycles. The Labute approximate surface area is 112 Å². The van der Waals surface area contributed by atoms with Gasteiger partial charge >= 0.3 is 0 Å². The monoisotopic (exact) mass is 263 g/mol. The number of likely N-dealkylation sites (tertiary alicyclic amines) is 1. The maximum absolute atomic E-state index is 10.7. The molecule has 1 aromatic rings. The van der Waals surface area contributed by atoms with Crippen molar-refractivity contribution in [1.29, 1.82) is 0 Å². The van der Waals surface area contributed by atoms with Crippen LogP contribution < -0.4 is 5.73 Å². The molecule has 19 heavy (non-hydrogen) atoms. The van der Waals surface area contributed by atoms with Gasteiger partial charge in [-0.25, -0.2) is 4.68 Å². The number of amides is 1. The third-order valence-electron chi connectivity index (χ3n) is 4.43. The molecule has 2 aliphatic rings. The van der Waals surface area contributed by atoms with Crippen LogP contribution in [0.25, 0.3) is 0 Å². The Morgan fingerprint density at radius 1 is 1.26 bits per heavy atom. The zero-order valence-corrected chi connectivity index (χ0v) is 11.1. The van der Waals surface area contributed by atoms with E-state index in [4.69, 9.17) is 5.73 Å². The van der Waals surface area contributed by atoms with E-state index in [9.17, 15) is 4.79 Å². The van der Waals surface area contributed by atoms with Gasteiger partial charge in [-0.15, -0.1) is 5.10 Å². The molecule has 0 spiro atoms. The number of carbonyl (C=O) groups excluding carboxylic acids is 1. The third-order valence-corrected chi connectivity index (χ3v) is 4.43. The topological polar surface area (TPSA) is 77.0 Å². The summed E-state index contributed by atoms with van der Waals surface area (Å²) in [6.07, 6.45) is 8.31. The second-order valence-corrected chi connectivity index (χ2v) is 5.78. The molecule has 1 aliphatic carbocycles. The average molecular weight is 263 g/mol. The summed E-state index contributed by atoms with van der Waals surface area (Å²) in [6.45, 7) is 1.61. The van der Waals surface area contributed by atoms with Crippen molar-refractivity contribution in [2.75, 3.05) is 13.1 Å². The highest BCUT2D eigenvalue weighted by Gasteiger charge is 2.27. The average Bonchev–Trinajstić information content (AvgIpc) is 3.08. The van der Waals surface area contributed by atoms with Gasteiger partial charge in [-0.3, -0.25) is 4.79 Å². The molecule has 2 N–H and O–H groups in total. The van der Waals surface area contributed by atoms with Crippen LogP contribution in [0.4, 0.5) is 0 Å². The van der Waals surface area contributed by atoms with Gasteiger partial charge in [0, 0.05) is 31.2 Å². The Kier molecular flexibility index (Phi) is 3.50. The first-order valence-electron chi connectivity index (χ1n) is 7.13. The van der Waals surface area contributed by atoms with Crippen LogP contribution in [0.3, 0.4) is 0 Å².